The third-order valence-electron chi connectivity index (χ3n) is 4.10. The van der Waals surface area contributed by atoms with Crippen LogP contribution in [0.25, 0.3) is 0 Å². The number of hydrogen-bond acceptors (Lipinski definition) is 3. The van der Waals surface area contributed by atoms with E-state index in [9.17, 15) is 9.59 Å². The molecule has 0 saturated carbocycles. The Kier molecular flexibility index (Phi) is 5.19. The number of likely N-dealkylation sites (tertiary alicyclic amines) is 1. The van der Waals surface area contributed by atoms with Crippen molar-refractivity contribution in [1.82, 2.24) is 15.5 Å². The molecule has 19 heavy (non-hydrogen) atoms. The summed E-state index contributed by atoms with van der Waals surface area (Å²) in [4.78, 5) is 25.9. The van der Waals surface area contributed by atoms with Crippen molar-refractivity contribution >= 4 is 11.8 Å². The molecule has 5 heteroatoms. The molecule has 2 heterocycles. The van der Waals surface area contributed by atoms with Crippen molar-refractivity contribution in [1.29, 1.82) is 0 Å². The Morgan fingerprint density at radius 2 is 1.89 bits per heavy atom. The molecular weight excluding hydrogens is 242 g/mol. The highest BCUT2D eigenvalue weighted by Gasteiger charge is 2.25. The Morgan fingerprint density at radius 3 is 2.53 bits per heavy atom. The van der Waals surface area contributed by atoms with Gasteiger partial charge in [0.15, 0.2) is 0 Å². The Hall–Kier alpha value is -1.10. The molecule has 1 unspecified atom stereocenters. The molecule has 1 atom stereocenters. The molecule has 0 aliphatic carbocycles. The Morgan fingerprint density at radius 1 is 1.26 bits per heavy atom. The van der Waals surface area contributed by atoms with E-state index in [2.05, 4.69) is 10.6 Å². The largest absolute Gasteiger partial charge is 0.345 e. The van der Waals surface area contributed by atoms with Gasteiger partial charge >= 0.3 is 0 Å². The van der Waals surface area contributed by atoms with Gasteiger partial charge in [-0.3, -0.25) is 9.59 Å². The molecule has 108 valence electrons. The molecule has 2 N–H and O–H groups in total. The van der Waals surface area contributed by atoms with Gasteiger partial charge in [0.25, 0.3) is 0 Å². The van der Waals surface area contributed by atoms with Crippen LogP contribution in [0.5, 0.6) is 0 Å². The quantitative estimate of drug-likeness (QED) is 0.780. The topological polar surface area (TPSA) is 61.4 Å². The monoisotopic (exact) mass is 267 g/mol. The van der Waals surface area contributed by atoms with Crippen molar-refractivity contribution < 1.29 is 9.59 Å². The summed E-state index contributed by atoms with van der Waals surface area (Å²) in [6, 6.07) is -0.382. The zero-order valence-corrected chi connectivity index (χ0v) is 11.8. The third kappa shape index (κ3) is 4.20. The average Bonchev–Trinajstić information content (AvgIpc) is 2.92. The second kappa shape index (κ2) is 6.89. The highest BCUT2D eigenvalue weighted by atomic mass is 16.2. The molecule has 5 nitrogen and oxygen atoms in total. The molecule has 2 saturated heterocycles. The van der Waals surface area contributed by atoms with Crippen LogP contribution in [-0.2, 0) is 9.59 Å². The van der Waals surface area contributed by atoms with Gasteiger partial charge in [0.05, 0.1) is 0 Å². The van der Waals surface area contributed by atoms with E-state index in [1.54, 1.807) is 6.92 Å². The minimum atomic E-state index is -0.382. The van der Waals surface area contributed by atoms with Crippen LogP contribution in [0.2, 0.25) is 0 Å². The number of amides is 2. The van der Waals surface area contributed by atoms with E-state index < -0.39 is 0 Å². The minimum absolute atomic E-state index is 0.0203. The molecule has 0 bridgehead atoms. The zero-order chi connectivity index (χ0) is 13.7. The maximum Gasteiger partial charge on any atom is 0.244 e. The van der Waals surface area contributed by atoms with Crippen molar-refractivity contribution in [3.8, 4) is 0 Å². The van der Waals surface area contributed by atoms with E-state index in [1.807, 2.05) is 4.90 Å². The van der Waals surface area contributed by atoms with Gasteiger partial charge < -0.3 is 15.5 Å². The van der Waals surface area contributed by atoms with E-state index in [4.69, 9.17) is 0 Å². The van der Waals surface area contributed by atoms with Gasteiger partial charge in [0, 0.05) is 19.5 Å². The van der Waals surface area contributed by atoms with Crippen LogP contribution in [0.4, 0.5) is 0 Å². The molecule has 0 radical (unpaired) electrons. The number of carbonyl (C=O) groups excluding carboxylic acids is 2. The molecule has 2 amide bonds. The number of hydrogen-bond donors (Lipinski definition) is 2. The lowest BCUT2D eigenvalue weighted by atomic mass is 9.94. The summed E-state index contributed by atoms with van der Waals surface area (Å²) in [7, 11) is 0. The van der Waals surface area contributed by atoms with Crippen molar-refractivity contribution in [3.05, 3.63) is 0 Å². The van der Waals surface area contributed by atoms with E-state index in [0.29, 0.717) is 12.3 Å². The molecule has 0 aromatic heterocycles. The average molecular weight is 267 g/mol. The summed E-state index contributed by atoms with van der Waals surface area (Å²) >= 11 is 0. The number of carbonyl (C=O) groups is 2. The number of nitrogens with one attached hydrogen (secondary N) is 2. The number of rotatable bonds is 4. The van der Waals surface area contributed by atoms with Gasteiger partial charge in [-0.25, -0.2) is 0 Å². The molecule has 0 spiro atoms. The van der Waals surface area contributed by atoms with E-state index >= 15 is 0 Å². The van der Waals surface area contributed by atoms with Crippen LogP contribution >= 0.6 is 0 Å². The van der Waals surface area contributed by atoms with Gasteiger partial charge in [-0.2, -0.15) is 0 Å². The van der Waals surface area contributed by atoms with Gasteiger partial charge in [-0.1, -0.05) is 0 Å². The summed E-state index contributed by atoms with van der Waals surface area (Å²) in [5.74, 6) is 0.554. The van der Waals surface area contributed by atoms with E-state index in [0.717, 1.165) is 51.9 Å². The fourth-order valence-electron chi connectivity index (χ4n) is 2.92. The first-order valence-corrected chi connectivity index (χ1v) is 7.45. The first-order chi connectivity index (χ1) is 9.16. The molecular formula is C14H25N3O2. The van der Waals surface area contributed by atoms with Crippen molar-refractivity contribution in [2.75, 3.05) is 26.2 Å². The second-order valence-corrected chi connectivity index (χ2v) is 5.72. The molecule has 2 aliphatic heterocycles. The van der Waals surface area contributed by atoms with Crippen LogP contribution in [-0.4, -0.2) is 48.9 Å². The second-order valence-electron chi connectivity index (χ2n) is 5.72. The van der Waals surface area contributed by atoms with Crippen molar-refractivity contribution in [2.24, 2.45) is 5.92 Å². The van der Waals surface area contributed by atoms with Crippen molar-refractivity contribution in [2.45, 2.75) is 45.1 Å². The Balaban J connectivity index is 1.72. The van der Waals surface area contributed by atoms with Crippen LogP contribution in [0.3, 0.4) is 0 Å². The van der Waals surface area contributed by atoms with Crippen LogP contribution in [0.15, 0.2) is 0 Å². The lowest BCUT2D eigenvalue weighted by Crippen LogP contribution is -2.46. The molecule has 2 rings (SSSR count). The van der Waals surface area contributed by atoms with Gasteiger partial charge in [0.1, 0.15) is 6.04 Å². The zero-order valence-electron chi connectivity index (χ0n) is 11.8. The number of piperidine rings is 1. The SMILES string of the molecule is CC(NC(=O)CC1CCNCC1)C(=O)N1CCCC1. The summed E-state index contributed by atoms with van der Waals surface area (Å²) < 4.78 is 0. The Labute approximate surface area is 115 Å². The molecule has 2 fully saturated rings. The van der Waals surface area contributed by atoms with Crippen molar-refractivity contribution in [3.63, 3.8) is 0 Å². The lowest BCUT2D eigenvalue weighted by molar-refractivity contribution is -0.135. The molecule has 0 aromatic rings. The summed E-state index contributed by atoms with van der Waals surface area (Å²) in [6.45, 7) is 5.47. The molecule has 0 aromatic carbocycles. The highest BCUT2D eigenvalue weighted by molar-refractivity contribution is 5.87. The molecule has 2 aliphatic rings. The fraction of sp³-hybridized carbons (Fsp3) is 0.857. The van der Waals surface area contributed by atoms with Crippen LogP contribution in [0, 0.1) is 5.92 Å². The third-order valence-corrected chi connectivity index (χ3v) is 4.10. The summed E-state index contributed by atoms with van der Waals surface area (Å²) in [6.07, 6.45) is 4.84. The van der Waals surface area contributed by atoms with Crippen LogP contribution < -0.4 is 10.6 Å². The smallest absolute Gasteiger partial charge is 0.244 e. The highest BCUT2D eigenvalue weighted by Crippen LogP contribution is 2.16. The van der Waals surface area contributed by atoms with Gasteiger partial charge in [-0.05, 0) is 51.6 Å². The summed E-state index contributed by atoms with van der Waals surface area (Å²) in [5.41, 5.74) is 0. The normalized spacial score (nSPS) is 22.3. The number of nitrogens with zero attached hydrogens (tertiary/aromatic N) is 1. The standard InChI is InChI=1S/C14H25N3O2/c1-11(14(19)17-8-2-3-9-17)16-13(18)10-12-4-6-15-7-5-12/h11-12,15H,2-10H2,1H3,(H,16,18). The lowest BCUT2D eigenvalue weighted by Gasteiger charge is -2.24. The van der Waals surface area contributed by atoms with E-state index in [-0.39, 0.29) is 17.9 Å². The van der Waals surface area contributed by atoms with Gasteiger partial charge in [0.2, 0.25) is 11.8 Å². The first-order valence-electron chi connectivity index (χ1n) is 7.45. The predicted octanol–water partition coefficient (Wildman–Crippen LogP) is 0.503. The Bertz CT molecular complexity index is 321. The van der Waals surface area contributed by atoms with E-state index in [1.165, 1.54) is 0 Å². The van der Waals surface area contributed by atoms with Gasteiger partial charge in [-0.15, -0.1) is 0 Å². The first kappa shape index (κ1) is 14.3. The predicted molar refractivity (Wildman–Crippen MR) is 73.6 cm³/mol. The van der Waals surface area contributed by atoms with Crippen LogP contribution in [0.1, 0.15) is 39.0 Å². The maximum atomic E-state index is 12.1. The maximum absolute atomic E-state index is 12.1. The minimum Gasteiger partial charge on any atom is -0.345 e. The summed E-state index contributed by atoms with van der Waals surface area (Å²) in [5, 5.41) is 6.14. The fourth-order valence-corrected chi connectivity index (χ4v) is 2.92.